The number of benzene rings is 2. The van der Waals surface area contributed by atoms with Crippen molar-refractivity contribution in [2.24, 2.45) is 0 Å². The van der Waals surface area contributed by atoms with Gasteiger partial charge in [0.05, 0.1) is 11.5 Å². The average molecular weight is 327 g/mol. The van der Waals surface area contributed by atoms with E-state index in [0.717, 1.165) is 37.3 Å². The standard InChI is InChI=1S/C19H18FNOS/c1-5-22-13(4)17-10-21-19(23-17)15-6-11(2)18-12(3)7-16(20)9-14(18)8-15/h6-10H,4-5H2,1-3H3. The van der Waals surface area contributed by atoms with Crippen LogP contribution in [-0.4, -0.2) is 11.6 Å². The number of halogens is 1. The minimum atomic E-state index is -0.212. The van der Waals surface area contributed by atoms with Crippen LogP contribution in [0.5, 0.6) is 0 Å². The molecule has 2 nitrogen and oxygen atoms in total. The smallest absolute Gasteiger partial charge is 0.130 e. The Labute approximate surface area is 139 Å². The van der Waals surface area contributed by atoms with E-state index in [1.165, 1.54) is 11.3 Å². The first kappa shape index (κ1) is 15.7. The lowest BCUT2D eigenvalue weighted by Gasteiger charge is -2.09. The Kier molecular flexibility index (Phi) is 4.18. The minimum absolute atomic E-state index is 0.212. The van der Waals surface area contributed by atoms with Crippen molar-refractivity contribution in [3.05, 3.63) is 58.9 Å². The van der Waals surface area contributed by atoms with E-state index in [-0.39, 0.29) is 5.82 Å². The van der Waals surface area contributed by atoms with Gasteiger partial charge in [-0.25, -0.2) is 9.37 Å². The zero-order valence-electron chi connectivity index (χ0n) is 13.4. The second-order valence-corrected chi connectivity index (χ2v) is 6.53. The van der Waals surface area contributed by atoms with Crippen molar-refractivity contribution in [2.75, 3.05) is 6.61 Å². The van der Waals surface area contributed by atoms with Gasteiger partial charge >= 0.3 is 0 Å². The average Bonchev–Trinajstić information content (AvgIpc) is 2.96. The number of thiazole rings is 1. The summed E-state index contributed by atoms with van der Waals surface area (Å²) in [7, 11) is 0. The van der Waals surface area contributed by atoms with Gasteiger partial charge in [-0.1, -0.05) is 6.58 Å². The van der Waals surface area contributed by atoms with Gasteiger partial charge in [-0.2, -0.15) is 0 Å². The molecule has 3 aromatic rings. The summed E-state index contributed by atoms with van der Waals surface area (Å²) in [6.07, 6.45) is 1.77. The highest BCUT2D eigenvalue weighted by Gasteiger charge is 2.11. The highest BCUT2D eigenvalue weighted by atomic mass is 32.1. The minimum Gasteiger partial charge on any atom is -0.493 e. The van der Waals surface area contributed by atoms with Gasteiger partial charge in [-0.3, -0.25) is 0 Å². The maximum absolute atomic E-state index is 13.7. The summed E-state index contributed by atoms with van der Waals surface area (Å²) in [6, 6.07) is 7.23. The quantitative estimate of drug-likeness (QED) is 0.571. The first-order valence-corrected chi connectivity index (χ1v) is 8.30. The van der Waals surface area contributed by atoms with E-state index in [1.807, 2.05) is 26.8 Å². The molecule has 2 aromatic carbocycles. The summed E-state index contributed by atoms with van der Waals surface area (Å²) in [5.74, 6) is 0.423. The number of ether oxygens (including phenoxy) is 1. The molecule has 4 heteroatoms. The molecule has 1 heterocycles. The fourth-order valence-electron chi connectivity index (χ4n) is 2.84. The molecule has 0 bridgehead atoms. The van der Waals surface area contributed by atoms with Crippen LogP contribution in [0.4, 0.5) is 4.39 Å². The Hall–Kier alpha value is -2.20. The monoisotopic (exact) mass is 327 g/mol. The summed E-state index contributed by atoms with van der Waals surface area (Å²) in [6.45, 7) is 10.4. The summed E-state index contributed by atoms with van der Waals surface area (Å²) >= 11 is 1.53. The van der Waals surface area contributed by atoms with Gasteiger partial charge in [0.1, 0.15) is 16.6 Å². The third kappa shape index (κ3) is 2.99. The van der Waals surface area contributed by atoms with Crippen LogP contribution in [0, 0.1) is 19.7 Å². The molecule has 0 fully saturated rings. The van der Waals surface area contributed by atoms with Gasteiger partial charge < -0.3 is 4.74 Å². The van der Waals surface area contributed by atoms with Crippen molar-refractivity contribution >= 4 is 27.9 Å². The predicted octanol–water partition coefficient (Wildman–Crippen LogP) is 5.73. The zero-order valence-corrected chi connectivity index (χ0v) is 14.3. The van der Waals surface area contributed by atoms with E-state index >= 15 is 0 Å². The number of hydrogen-bond donors (Lipinski definition) is 0. The van der Waals surface area contributed by atoms with Gasteiger partial charge in [0.2, 0.25) is 0 Å². The molecule has 0 atom stereocenters. The predicted molar refractivity (Wildman–Crippen MR) is 95.1 cm³/mol. The Morgan fingerprint density at radius 2 is 1.96 bits per heavy atom. The van der Waals surface area contributed by atoms with Crippen LogP contribution in [0.15, 0.2) is 37.0 Å². The van der Waals surface area contributed by atoms with E-state index in [4.69, 9.17) is 4.74 Å². The number of rotatable bonds is 4. The van der Waals surface area contributed by atoms with Crippen LogP contribution < -0.4 is 0 Å². The van der Waals surface area contributed by atoms with Gasteiger partial charge in [-0.15, -0.1) is 11.3 Å². The largest absolute Gasteiger partial charge is 0.493 e. The second-order valence-electron chi connectivity index (χ2n) is 5.50. The number of nitrogens with zero attached hydrogens (tertiary/aromatic N) is 1. The van der Waals surface area contributed by atoms with Crippen molar-refractivity contribution in [1.82, 2.24) is 4.98 Å². The number of hydrogen-bond acceptors (Lipinski definition) is 3. The molecule has 0 spiro atoms. The zero-order chi connectivity index (χ0) is 16.6. The van der Waals surface area contributed by atoms with Gasteiger partial charge in [0, 0.05) is 11.8 Å². The fourth-order valence-corrected chi connectivity index (χ4v) is 3.67. The van der Waals surface area contributed by atoms with E-state index in [9.17, 15) is 4.39 Å². The molecule has 1 aromatic heterocycles. The maximum atomic E-state index is 13.7. The summed E-state index contributed by atoms with van der Waals surface area (Å²) < 4.78 is 19.1. The normalized spacial score (nSPS) is 11.0. The van der Waals surface area contributed by atoms with Crippen molar-refractivity contribution in [2.45, 2.75) is 20.8 Å². The van der Waals surface area contributed by atoms with Crippen LogP contribution >= 0.6 is 11.3 Å². The first-order valence-electron chi connectivity index (χ1n) is 7.48. The third-order valence-electron chi connectivity index (χ3n) is 3.75. The summed E-state index contributed by atoms with van der Waals surface area (Å²) in [4.78, 5) is 5.38. The van der Waals surface area contributed by atoms with E-state index in [2.05, 4.69) is 17.6 Å². The topological polar surface area (TPSA) is 22.1 Å². The van der Waals surface area contributed by atoms with Crippen LogP contribution in [-0.2, 0) is 4.74 Å². The lowest BCUT2D eigenvalue weighted by Crippen LogP contribution is -1.88. The maximum Gasteiger partial charge on any atom is 0.130 e. The molecule has 0 radical (unpaired) electrons. The molecule has 0 amide bonds. The van der Waals surface area contributed by atoms with Gasteiger partial charge in [0.15, 0.2) is 0 Å². The van der Waals surface area contributed by atoms with Crippen molar-refractivity contribution in [1.29, 1.82) is 0 Å². The number of fused-ring (bicyclic) bond motifs is 1. The van der Waals surface area contributed by atoms with Crippen molar-refractivity contribution in [3.8, 4) is 10.6 Å². The number of aryl methyl sites for hydroxylation is 2. The second kappa shape index (κ2) is 6.13. The van der Waals surface area contributed by atoms with E-state index in [0.29, 0.717) is 12.4 Å². The Balaban J connectivity index is 2.09. The Morgan fingerprint density at radius 3 is 2.70 bits per heavy atom. The molecule has 0 N–H and O–H groups in total. The highest BCUT2D eigenvalue weighted by Crippen LogP contribution is 2.33. The Morgan fingerprint density at radius 1 is 1.22 bits per heavy atom. The Bertz CT molecular complexity index is 898. The molecule has 23 heavy (non-hydrogen) atoms. The molecule has 0 aliphatic heterocycles. The van der Waals surface area contributed by atoms with E-state index < -0.39 is 0 Å². The van der Waals surface area contributed by atoms with Crippen LogP contribution in [0.1, 0.15) is 22.9 Å². The van der Waals surface area contributed by atoms with Gasteiger partial charge in [0.25, 0.3) is 0 Å². The molecule has 118 valence electrons. The molecule has 0 saturated carbocycles. The molecular formula is C19H18FNOS. The first-order chi connectivity index (χ1) is 11.0. The molecular weight excluding hydrogens is 309 g/mol. The molecule has 3 rings (SSSR count). The summed E-state index contributed by atoms with van der Waals surface area (Å²) in [5, 5.41) is 2.89. The number of aromatic nitrogens is 1. The van der Waals surface area contributed by atoms with Gasteiger partial charge in [-0.05, 0) is 66.9 Å². The molecule has 0 aliphatic carbocycles. The summed E-state index contributed by atoms with van der Waals surface area (Å²) in [5.41, 5.74) is 3.06. The highest BCUT2D eigenvalue weighted by molar-refractivity contribution is 7.16. The van der Waals surface area contributed by atoms with Crippen LogP contribution in [0.3, 0.4) is 0 Å². The molecule has 0 unspecified atom stereocenters. The van der Waals surface area contributed by atoms with Crippen molar-refractivity contribution < 1.29 is 9.13 Å². The molecule has 0 aliphatic rings. The fraction of sp³-hybridized carbons (Fsp3) is 0.211. The SMILES string of the molecule is C=C(OCC)c1cnc(-c2cc(C)c3c(C)cc(F)cc3c2)s1. The third-order valence-corrected chi connectivity index (χ3v) is 4.84. The lowest BCUT2D eigenvalue weighted by molar-refractivity contribution is 0.300. The van der Waals surface area contributed by atoms with E-state index in [1.54, 1.807) is 18.3 Å². The van der Waals surface area contributed by atoms with Crippen molar-refractivity contribution in [3.63, 3.8) is 0 Å². The molecule has 0 saturated heterocycles. The van der Waals surface area contributed by atoms with Crippen LogP contribution in [0.2, 0.25) is 0 Å². The lowest BCUT2D eigenvalue weighted by atomic mass is 9.98. The van der Waals surface area contributed by atoms with Crippen LogP contribution in [0.25, 0.3) is 27.1 Å².